The van der Waals surface area contributed by atoms with E-state index in [0.29, 0.717) is 33.0 Å². The van der Waals surface area contributed by atoms with Crippen LogP contribution in [0.1, 0.15) is 16.4 Å². The summed E-state index contributed by atoms with van der Waals surface area (Å²) in [5.74, 6) is -0.275. The van der Waals surface area contributed by atoms with Gasteiger partial charge in [0.15, 0.2) is 5.13 Å². The number of carbonyl (C=O) groups excluding carboxylic acids is 2. The molecule has 0 bridgehead atoms. The Morgan fingerprint density at radius 2 is 1.52 bits per heavy atom. The van der Waals surface area contributed by atoms with Gasteiger partial charge < -0.3 is 10.6 Å². The normalized spacial score (nSPS) is 11.6. The molecule has 0 aliphatic rings. The van der Waals surface area contributed by atoms with Crippen molar-refractivity contribution in [3.05, 3.63) is 130 Å². The molecule has 5 nitrogen and oxygen atoms in total. The van der Waals surface area contributed by atoms with Crippen molar-refractivity contribution in [1.82, 2.24) is 4.98 Å². The van der Waals surface area contributed by atoms with Gasteiger partial charge in [-0.2, -0.15) is 0 Å². The fourth-order valence-electron chi connectivity index (χ4n) is 3.93. The van der Waals surface area contributed by atoms with Gasteiger partial charge in [0.2, 0.25) is 11.8 Å². The number of thiazole rings is 1. The van der Waals surface area contributed by atoms with Gasteiger partial charge in [-0.1, -0.05) is 89.9 Å². The zero-order valence-corrected chi connectivity index (χ0v) is 24.2. The summed E-state index contributed by atoms with van der Waals surface area (Å²) in [5.41, 5.74) is 4.03. The summed E-state index contributed by atoms with van der Waals surface area (Å²) in [5, 5.41) is 8.65. The first-order chi connectivity index (χ1) is 19.4. The van der Waals surface area contributed by atoms with Crippen molar-refractivity contribution in [2.24, 2.45) is 0 Å². The van der Waals surface area contributed by atoms with Gasteiger partial charge >= 0.3 is 0 Å². The van der Waals surface area contributed by atoms with Crippen molar-refractivity contribution in [2.75, 3.05) is 10.6 Å². The van der Waals surface area contributed by atoms with Gasteiger partial charge in [0.25, 0.3) is 0 Å². The molecule has 0 saturated carbocycles. The molecule has 0 saturated heterocycles. The minimum atomic E-state index is -0.517. The smallest absolute Gasteiger partial charge is 0.244 e. The molecular formula is C31H23Cl2N3O2S2. The lowest BCUT2D eigenvalue weighted by molar-refractivity contribution is -0.116. The van der Waals surface area contributed by atoms with Gasteiger partial charge in [-0.3, -0.25) is 9.59 Å². The number of carbonyl (C=O) groups is 2. The molecule has 1 aromatic heterocycles. The molecule has 2 amide bonds. The molecule has 0 radical (unpaired) electrons. The number of rotatable bonds is 9. The third-order valence-corrected chi connectivity index (χ3v) is 8.65. The Bertz CT molecular complexity index is 1610. The van der Waals surface area contributed by atoms with E-state index in [9.17, 15) is 9.59 Å². The van der Waals surface area contributed by atoms with Crippen molar-refractivity contribution >= 4 is 68.9 Å². The number of anilines is 2. The van der Waals surface area contributed by atoms with Crippen LogP contribution in [0.5, 0.6) is 0 Å². The first-order valence-electron chi connectivity index (χ1n) is 12.3. The molecule has 0 aliphatic heterocycles. The maximum atomic E-state index is 13.5. The molecule has 0 spiro atoms. The number of hydrogen-bond donors (Lipinski definition) is 2. The summed E-state index contributed by atoms with van der Waals surface area (Å²) >= 11 is 15.0. The minimum absolute atomic E-state index is 0.0863. The summed E-state index contributed by atoms with van der Waals surface area (Å²) in [7, 11) is 0. The fourth-order valence-corrected chi connectivity index (χ4v) is 5.98. The van der Waals surface area contributed by atoms with Gasteiger partial charge in [0.1, 0.15) is 5.25 Å². The zero-order valence-electron chi connectivity index (χ0n) is 21.0. The molecule has 1 atom stereocenters. The van der Waals surface area contributed by atoms with E-state index in [1.807, 2.05) is 96.4 Å². The van der Waals surface area contributed by atoms with Crippen LogP contribution in [0.4, 0.5) is 10.8 Å². The lowest BCUT2D eigenvalue weighted by Gasteiger charge is -2.16. The van der Waals surface area contributed by atoms with Gasteiger partial charge in [-0.25, -0.2) is 4.98 Å². The largest absolute Gasteiger partial charge is 0.326 e. The summed E-state index contributed by atoms with van der Waals surface area (Å²) in [6.45, 7) is 0. The average molecular weight is 605 g/mol. The molecule has 0 fully saturated rings. The molecule has 1 heterocycles. The Labute approximate surface area is 250 Å². The van der Waals surface area contributed by atoms with Crippen LogP contribution in [0.15, 0.2) is 113 Å². The monoisotopic (exact) mass is 603 g/mol. The van der Waals surface area contributed by atoms with Crippen molar-refractivity contribution in [3.63, 3.8) is 0 Å². The third kappa shape index (κ3) is 7.31. The third-order valence-electron chi connectivity index (χ3n) is 5.89. The second kappa shape index (κ2) is 13.2. The lowest BCUT2D eigenvalue weighted by Crippen LogP contribution is -2.19. The first kappa shape index (κ1) is 27.9. The number of amides is 2. The van der Waals surface area contributed by atoms with Crippen LogP contribution >= 0.6 is 46.3 Å². The number of nitrogens with one attached hydrogen (secondary N) is 2. The summed E-state index contributed by atoms with van der Waals surface area (Å²) in [4.78, 5) is 31.4. The van der Waals surface area contributed by atoms with Crippen LogP contribution in [0.2, 0.25) is 10.0 Å². The number of nitrogens with zero attached hydrogens (tertiary/aromatic N) is 1. The van der Waals surface area contributed by atoms with E-state index in [0.717, 1.165) is 21.6 Å². The highest BCUT2D eigenvalue weighted by atomic mass is 35.5. The Morgan fingerprint density at radius 3 is 2.23 bits per heavy atom. The van der Waals surface area contributed by atoms with E-state index in [4.69, 9.17) is 23.2 Å². The molecule has 9 heteroatoms. The quantitative estimate of drug-likeness (QED) is 0.165. The Balaban J connectivity index is 1.27. The number of benzene rings is 4. The van der Waals surface area contributed by atoms with E-state index in [1.165, 1.54) is 23.1 Å². The SMILES string of the molecule is O=C(Cc1ccccc1)Nc1ccc(SC(C(=O)Nc2nc(-c3ccc(Cl)c(Cl)c3)cs2)c2ccccc2)cc1. The summed E-state index contributed by atoms with van der Waals surface area (Å²) in [6, 6.07) is 32.0. The molecule has 1 unspecified atom stereocenters. The summed E-state index contributed by atoms with van der Waals surface area (Å²) < 4.78 is 0. The molecule has 40 heavy (non-hydrogen) atoms. The maximum Gasteiger partial charge on any atom is 0.244 e. The number of aromatic nitrogens is 1. The van der Waals surface area contributed by atoms with Gasteiger partial charge in [0, 0.05) is 21.5 Å². The fraction of sp³-hybridized carbons (Fsp3) is 0.0645. The van der Waals surface area contributed by atoms with Crippen LogP contribution in [-0.2, 0) is 16.0 Å². The second-order valence-corrected chi connectivity index (χ2v) is 11.7. The molecule has 2 N–H and O–H groups in total. The van der Waals surface area contributed by atoms with Crippen LogP contribution < -0.4 is 10.6 Å². The van der Waals surface area contributed by atoms with Crippen molar-refractivity contribution in [1.29, 1.82) is 0 Å². The number of halogens is 2. The Morgan fingerprint density at radius 1 is 0.825 bits per heavy atom. The minimum Gasteiger partial charge on any atom is -0.326 e. The molecular weight excluding hydrogens is 581 g/mol. The highest BCUT2D eigenvalue weighted by Crippen LogP contribution is 2.37. The number of hydrogen-bond acceptors (Lipinski definition) is 5. The van der Waals surface area contributed by atoms with E-state index in [-0.39, 0.29) is 11.8 Å². The van der Waals surface area contributed by atoms with Gasteiger partial charge in [-0.05, 0) is 47.5 Å². The second-order valence-electron chi connectivity index (χ2n) is 8.80. The molecule has 200 valence electrons. The van der Waals surface area contributed by atoms with Crippen LogP contribution in [0.3, 0.4) is 0 Å². The molecule has 5 aromatic rings. The van der Waals surface area contributed by atoms with Crippen LogP contribution in [0.25, 0.3) is 11.3 Å². The Kier molecular flexibility index (Phi) is 9.19. The topological polar surface area (TPSA) is 71.1 Å². The van der Waals surface area contributed by atoms with Crippen LogP contribution in [0, 0.1) is 0 Å². The standard InChI is InChI=1S/C31H23Cl2N3O2S2/c32-25-16-11-22(18-26(25)33)27-19-39-31(35-27)36-30(38)29(21-9-5-2-6-10-21)40-24-14-12-23(13-15-24)34-28(37)17-20-7-3-1-4-8-20/h1-16,18-19,29H,17H2,(H,34,37)(H,35,36,38). The lowest BCUT2D eigenvalue weighted by atomic mass is 10.1. The highest BCUT2D eigenvalue weighted by Gasteiger charge is 2.23. The average Bonchev–Trinajstić information content (AvgIpc) is 3.43. The van der Waals surface area contributed by atoms with Crippen molar-refractivity contribution < 1.29 is 9.59 Å². The molecule has 0 aliphatic carbocycles. The van der Waals surface area contributed by atoms with E-state index >= 15 is 0 Å². The first-order valence-corrected chi connectivity index (χ1v) is 14.8. The maximum absolute atomic E-state index is 13.5. The predicted molar refractivity (Wildman–Crippen MR) is 166 cm³/mol. The van der Waals surface area contributed by atoms with E-state index in [1.54, 1.807) is 12.1 Å². The summed E-state index contributed by atoms with van der Waals surface area (Å²) in [6.07, 6.45) is 0.303. The number of thioether (sulfide) groups is 1. The van der Waals surface area contributed by atoms with Gasteiger partial charge in [-0.15, -0.1) is 23.1 Å². The van der Waals surface area contributed by atoms with Gasteiger partial charge in [0.05, 0.1) is 22.2 Å². The van der Waals surface area contributed by atoms with Crippen LogP contribution in [-0.4, -0.2) is 16.8 Å². The predicted octanol–water partition coefficient (Wildman–Crippen LogP) is 8.77. The van der Waals surface area contributed by atoms with Crippen molar-refractivity contribution in [3.8, 4) is 11.3 Å². The van der Waals surface area contributed by atoms with E-state index in [2.05, 4.69) is 15.6 Å². The zero-order chi connectivity index (χ0) is 27.9. The highest BCUT2D eigenvalue weighted by molar-refractivity contribution is 8.00. The van der Waals surface area contributed by atoms with Crippen molar-refractivity contribution in [2.45, 2.75) is 16.6 Å². The Hall–Kier alpha value is -3.62. The molecule has 4 aromatic carbocycles. The van der Waals surface area contributed by atoms with E-state index < -0.39 is 5.25 Å². The molecule has 5 rings (SSSR count).